The van der Waals surface area contributed by atoms with Crippen molar-refractivity contribution < 1.29 is 9.53 Å². The number of rotatable bonds is 8. The highest BCUT2D eigenvalue weighted by molar-refractivity contribution is 5.89. The van der Waals surface area contributed by atoms with Crippen molar-refractivity contribution >= 4 is 11.7 Å². The molecule has 0 bridgehead atoms. The molecule has 1 N–H and O–H groups in total. The number of carbonyl (C=O) groups is 1. The SMILES string of the molecule is COCCCN(C)C(=O)Nc1ccccc1CN(C)C1CCCCC1. The fraction of sp³-hybridized carbons (Fsp3) is 0.650. The lowest BCUT2D eigenvalue weighted by Gasteiger charge is -2.31. The van der Waals surface area contributed by atoms with Crippen molar-refractivity contribution in [3.63, 3.8) is 0 Å². The fourth-order valence-electron chi connectivity index (χ4n) is 3.46. The molecule has 1 aromatic carbocycles. The summed E-state index contributed by atoms with van der Waals surface area (Å²) in [5.74, 6) is 0. The molecule has 2 amide bonds. The molecule has 0 saturated heterocycles. The summed E-state index contributed by atoms with van der Waals surface area (Å²) in [6.07, 6.45) is 7.44. The number of hydrogen-bond acceptors (Lipinski definition) is 3. The summed E-state index contributed by atoms with van der Waals surface area (Å²) in [6.45, 7) is 2.22. The van der Waals surface area contributed by atoms with Gasteiger partial charge in [0.05, 0.1) is 0 Å². The minimum Gasteiger partial charge on any atom is -0.385 e. The second-order valence-corrected chi connectivity index (χ2v) is 7.06. The van der Waals surface area contributed by atoms with E-state index in [9.17, 15) is 4.79 Å². The van der Waals surface area contributed by atoms with Crippen molar-refractivity contribution in [2.75, 3.05) is 39.7 Å². The lowest BCUT2D eigenvalue weighted by molar-refractivity contribution is 0.179. The Hall–Kier alpha value is -1.59. The van der Waals surface area contributed by atoms with E-state index in [-0.39, 0.29) is 6.03 Å². The highest BCUT2D eigenvalue weighted by atomic mass is 16.5. The Morgan fingerprint density at radius 1 is 1.20 bits per heavy atom. The summed E-state index contributed by atoms with van der Waals surface area (Å²) in [7, 11) is 5.70. The molecule has 1 fully saturated rings. The molecule has 0 unspecified atom stereocenters. The number of ether oxygens (including phenoxy) is 1. The van der Waals surface area contributed by atoms with E-state index in [1.807, 2.05) is 25.2 Å². The lowest BCUT2D eigenvalue weighted by atomic mass is 9.94. The van der Waals surface area contributed by atoms with Crippen molar-refractivity contribution in [2.24, 2.45) is 0 Å². The average molecular weight is 348 g/mol. The number of carbonyl (C=O) groups excluding carboxylic acids is 1. The molecule has 0 spiro atoms. The monoisotopic (exact) mass is 347 g/mol. The molecule has 1 aromatic rings. The Balaban J connectivity index is 1.93. The quantitative estimate of drug-likeness (QED) is 0.724. The molecule has 0 heterocycles. The summed E-state index contributed by atoms with van der Waals surface area (Å²) in [5, 5.41) is 3.07. The van der Waals surface area contributed by atoms with E-state index in [0.717, 1.165) is 18.7 Å². The number of hydrogen-bond donors (Lipinski definition) is 1. The van der Waals surface area contributed by atoms with Gasteiger partial charge in [-0.1, -0.05) is 37.5 Å². The van der Waals surface area contributed by atoms with E-state index in [1.165, 1.54) is 37.7 Å². The van der Waals surface area contributed by atoms with Gasteiger partial charge in [-0.25, -0.2) is 4.79 Å². The largest absolute Gasteiger partial charge is 0.385 e. The van der Waals surface area contributed by atoms with E-state index in [1.54, 1.807) is 12.0 Å². The first kappa shape index (κ1) is 19.7. The Kier molecular flexibility index (Phi) is 8.22. The van der Waals surface area contributed by atoms with Crippen molar-refractivity contribution in [2.45, 2.75) is 51.1 Å². The number of amides is 2. The lowest BCUT2D eigenvalue weighted by Crippen LogP contribution is -2.34. The molecule has 0 atom stereocenters. The van der Waals surface area contributed by atoms with Crippen LogP contribution in [0, 0.1) is 0 Å². The van der Waals surface area contributed by atoms with Gasteiger partial charge >= 0.3 is 6.03 Å². The van der Waals surface area contributed by atoms with Crippen LogP contribution < -0.4 is 5.32 Å². The third kappa shape index (κ3) is 6.33. The van der Waals surface area contributed by atoms with Crippen molar-refractivity contribution in [3.8, 4) is 0 Å². The maximum atomic E-state index is 12.4. The van der Waals surface area contributed by atoms with Gasteiger partial charge in [0.25, 0.3) is 0 Å². The van der Waals surface area contributed by atoms with Gasteiger partial charge < -0.3 is 15.0 Å². The second kappa shape index (κ2) is 10.4. The van der Waals surface area contributed by atoms with Gasteiger partial charge in [-0.15, -0.1) is 0 Å². The molecule has 2 rings (SSSR count). The van der Waals surface area contributed by atoms with E-state index >= 15 is 0 Å². The second-order valence-electron chi connectivity index (χ2n) is 7.06. The number of nitrogens with one attached hydrogen (secondary N) is 1. The maximum absolute atomic E-state index is 12.4. The third-order valence-electron chi connectivity index (χ3n) is 5.07. The minimum absolute atomic E-state index is 0.0659. The molecule has 5 nitrogen and oxygen atoms in total. The molecule has 25 heavy (non-hydrogen) atoms. The molecule has 0 aromatic heterocycles. The smallest absolute Gasteiger partial charge is 0.321 e. The molecule has 0 aliphatic heterocycles. The van der Waals surface area contributed by atoms with Gasteiger partial charge in [0.15, 0.2) is 0 Å². The van der Waals surface area contributed by atoms with E-state index < -0.39 is 0 Å². The van der Waals surface area contributed by atoms with Crippen molar-refractivity contribution in [1.29, 1.82) is 0 Å². The number of benzene rings is 1. The summed E-state index contributed by atoms with van der Waals surface area (Å²) < 4.78 is 5.05. The van der Waals surface area contributed by atoms with E-state index in [0.29, 0.717) is 19.2 Å². The standard InChI is InChI=1S/C20H33N3O2/c1-22(14-9-15-25-3)20(24)21-19-13-8-7-10-17(19)16-23(2)18-11-5-4-6-12-18/h7-8,10,13,18H,4-6,9,11-12,14-16H2,1-3H3,(H,21,24). The fourth-order valence-corrected chi connectivity index (χ4v) is 3.46. The molecule has 5 heteroatoms. The van der Waals surface area contributed by atoms with Gasteiger partial charge in [0.2, 0.25) is 0 Å². The predicted molar refractivity (Wildman–Crippen MR) is 103 cm³/mol. The van der Waals surface area contributed by atoms with Crippen LogP contribution in [0.1, 0.15) is 44.1 Å². The summed E-state index contributed by atoms with van der Waals surface area (Å²) in [6, 6.07) is 8.72. The van der Waals surface area contributed by atoms with Crippen LogP contribution in [0.25, 0.3) is 0 Å². The molecule has 1 saturated carbocycles. The Morgan fingerprint density at radius 2 is 1.92 bits per heavy atom. The van der Waals surface area contributed by atoms with Crippen LogP contribution in [0.4, 0.5) is 10.5 Å². The predicted octanol–water partition coefficient (Wildman–Crippen LogP) is 3.95. The summed E-state index contributed by atoms with van der Waals surface area (Å²) in [5.41, 5.74) is 2.09. The molecule has 140 valence electrons. The van der Waals surface area contributed by atoms with Crippen LogP contribution in [0.2, 0.25) is 0 Å². The highest BCUT2D eigenvalue weighted by Gasteiger charge is 2.19. The van der Waals surface area contributed by atoms with Gasteiger partial charge in [0.1, 0.15) is 0 Å². The van der Waals surface area contributed by atoms with Crippen LogP contribution >= 0.6 is 0 Å². The Bertz CT molecular complexity index is 529. The van der Waals surface area contributed by atoms with Gasteiger partial charge in [-0.05, 0) is 37.9 Å². The maximum Gasteiger partial charge on any atom is 0.321 e. The number of anilines is 1. The number of methoxy groups -OCH3 is 1. The first-order valence-corrected chi connectivity index (χ1v) is 9.41. The van der Waals surface area contributed by atoms with E-state index in [4.69, 9.17) is 4.74 Å². The Morgan fingerprint density at radius 3 is 2.64 bits per heavy atom. The molecular formula is C20H33N3O2. The normalized spacial score (nSPS) is 15.4. The zero-order valence-corrected chi connectivity index (χ0v) is 16.0. The van der Waals surface area contributed by atoms with Gasteiger partial charge in [-0.3, -0.25) is 4.90 Å². The van der Waals surface area contributed by atoms with Crippen LogP contribution in [-0.2, 0) is 11.3 Å². The molecular weight excluding hydrogens is 314 g/mol. The number of para-hydroxylation sites is 1. The molecule has 1 aliphatic carbocycles. The highest BCUT2D eigenvalue weighted by Crippen LogP contribution is 2.25. The minimum atomic E-state index is -0.0659. The van der Waals surface area contributed by atoms with Crippen LogP contribution in [0.3, 0.4) is 0 Å². The van der Waals surface area contributed by atoms with Crippen LogP contribution in [0.15, 0.2) is 24.3 Å². The summed E-state index contributed by atoms with van der Waals surface area (Å²) in [4.78, 5) is 16.6. The topological polar surface area (TPSA) is 44.8 Å². The first-order chi connectivity index (χ1) is 12.1. The van der Waals surface area contributed by atoms with E-state index in [2.05, 4.69) is 23.3 Å². The van der Waals surface area contributed by atoms with Crippen molar-refractivity contribution in [3.05, 3.63) is 29.8 Å². The van der Waals surface area contributed by atoms with Crippen LogP contribution in [-0.4, -0.2) is 56.2 Å². The molecule has 1 aliphatic rings. The average Bonchev–Trinajstić information content (AvgIpc) is 2.64. The zero-order valence-electron chi connectivity index (χ0n) is 16.0. The zero-order chi connectivity index (χ0) is 18.1. The summed E-state index contributed by atoms with van der Waals surface area (Å²) >= 11 is 0. The third-order valence-corrected chi connectivity index (χ3v) is 5.07. The number of urea groups is 1. The van der Waals surface area contributed by atoms with Crippen molar-refractivity contribution in [1.82, 2.24) is 9.80 Å². The molecule has 0 radical (unpaired) electrons. The van der Waals surface area contributed by atoms with Crippen LogP contribution in [0.5, 0.6) is 0 Å². The number of nitrogens with zero attached hydrogens (tertiary/aromatic N) is 2. The first-order valence-electron chi connectivity index (χ1n) is 9.41. The van der Waals surface area contributed by atoms with Gasteiger partial charge in [0, 0.05) is 45.6 Å². The Labute approximate surface area is 152 Å². The van der Waals surface area contributed by atoms with Gasteiger partial charge in [-0.2, -0.15) is 0 Å².